The fourth-order valence-corrected chi connectivity index (χ4v) is 1.82. The monoisotopic (exact) mass is 219 g/mol. The Kier molecular flexibility index (Phi) is 3.83. The van der Waals surface area contributed by atoms with Gasteiger partial charge in [0.2, 0.25) is 0 Å². The molecule has 0 spiro atoms. The quantitative estimate of drug-likeness (QED) is 0.560. The van der Waals surface area contributed by atoms with E-state index < -0.39 is 0 Å². The molecule has 2 rings (SSSR count). The first-order chi connectivity index (χ1) is 7.90. The van der Waals surface area contributed by atoms with E-state index in [1.807, 2.05) is 18.2 Å². The van der Waals surface area contributed by atoms with Crippen LogP contribution in [-0.4, -0.2) is 24.8 Å². The van der Waals surface area contributed by atoms with Crippen LogP contribution in [0.3, 0.4) is 0 Å². The van der Waals surface area contributed by atoms with Crippen molar-refractivity contribution in [2.45, 2.75) is 13.0 Å². The Morgan fingerprint density at radius 3 is 3.19 bits per heavy atom. The van der Waals surface area contributed by atoms with Gasteiger partial charge in [0.15, 0.2) is 0 Å². The van der Waals surface area contributed by atoms with Crippen LogP contribution in [0.15, 0.2) is 37.1 Å². The SMILES string of the molecule is C=COCCCN1COc2ccccc2C1. The van der Waals surface area contributed by atoms with E-state index in [9.17, 15) is 0 Å². The molecule has 86 valence electrons. The van der Waals surface area contributed by atoms with Gasteiger partial charge < -0.3 is 9.47 Å². The van der Waals surface area contributed by atoms with Gasteiger partial charge in [-0.15, -0.1) is 0 Å². The van der Waals surface area contributed by atoms with Gasteiger partial charge in [-0.05, 0) is 12.5 Å². The summed E-state index contributed by atoms with van der Waals surface area (Å²) in [4.78, 5) is 2.27. The summed E-state index contributed by atoms with van der Waals surface area (Å²) in [6.45, 7) is 6.86. The highest BCUT2D eigenvalue weighted by atomic mass is 16.5. The molecule has 3 nitrogen and oxygen atoms in total. The molecule has 0 unspecified atom stereocenters. The van der Waals surface area contributed by atoms with Crippen molar-refractivity contribution in [1.29, 1.82) is 0 Å². The summed E-state index contributed by atoms with van der Waals surface area (Å²) in [5, 5.41) is 0. The Labute approximate surface area is 96.3 Å². The minimum Gasteiger partial charge on any atom is -0.502 e. The molecule has 0 atom stereocenters. The summed E-state index contributed by atoms with van der Waals surface area (Å²) in [5.74, 6) is 1.01. The molecule has 0 fully saturated rings. The average Bonchev–Trinajstić information content (AvgIpc) is 2.34. The topological polar surface area (TPSA) is 21.7 Å². The summed E-state index contributed by atoms with van der Waals surface area (Å²) in [7, 11) is 0. The van der Waals surface area contributed by atoms with E-state index in [0.717, 1.165) is 31.9 Å². The van der Waals surface area contributed by atoms with Crippen LogP contribution < -0.4 is 4.74 Å². The van der Waals surface area contributed by atoms with Crippen LogP contribution in [0.4, 0.5) is 0 Å². The minimum absolute atomic E-state index is 0.672. The molecule has 0 aromatic heterocycles. The largest absolute Gasteiger partial charge is 0.502 e. The summed E-state index contributed by atoms with van der Waals surface area (Å²) >= 11 is 0. The lowest BCUT2D eigenvalue weighted by Crippen LogP contribution is -2.33. The van der Waals surface area contributed by atoms with Gasteiger partial charge in [0.25, 0.3) is 0 Å². The zero-order valence-corrected chi connectivity index (χ0v) is 9.39. The van der Waals surface area contributed by atoms with Crippen molar-refractivity contribution in [3.05, 3.63) is 42.7 Å². The molecule has 0 N–H and O–H groups in total. The number of hydrogen-bond acceptors (Lipinski definition) is 3. The van der Waals surface area contributed by atoms with E-state index in [1.54, 1.807) is 0 Å². The molecule has 0 amide bonds. The number of para-hydroxylation sites is 1. The third-order valence-corrected chi connectivity index (χ3v) is 2.62. The number of ether oxygens (including phenoxy) is 2. The normalized spacial score (nSPS) is 15.0. The highest BCUT2D eigenvalue weighted by Crippen LogP contribution is 2.23. The molecule has 0 radical (unpaired) electrons. The minimum atomic E-state index is 0.672. The fourth-order valence-electron chi connectivity index (χ4n) is 1.82. The zero-order valence-electron chi connectivity index (χ0n) is 9.39. The molecule has 1 aliphatic rings. The Bertz CT molecular complexity index is 352. The van der Waals surface area contributed by atoms with E-state index in [2.05, 4.69) is 17.5 Å². The predicted molar refractivity (Wildman–Crippen MR) is 63.1 cm³/mol. The maximum Gasteiger partial charge on any atom is 0.142 e. The second-order valence-electron chi connectivity index (χ2n) is 3.82. The first-order valence-electron chi connectivity index (χ1n) is 5.56. The number of benzene rings is 1. The molecule has 16 heavy (non-hydrogen) atoms. The summed E-state index contributed by atoms with van der Waals surface area (Å²) < 4.78 is 10.7. The standard InChI is InChI=1S/C13H17NO2/c1-2-15-9-5-8-14-10-12-6-3-4-7-13(12)16-11-14/h2-4,6-7H,1,5,8-11H2. The van der Waals surface area contributed by atoms with E-state index >= 15 is 0 Å². The lowest BCUT2D eigenvalue weighted by molar-refractivity contribution is 0.0870. The highest BCUT2D eigenvalue weighted by Gasteiger charge is 2.15. The first-order valence-corrected chi connectivity index (χ1v) is 5.56. The average molecular weight is 219 g/mol. The maximum atomic E-state index is 5.66. The van der Waals surface area contributed by atoms with Crippen LogP contribution >= 0.6 is 0 Å². The Hall–Kier alpha value is -1.48. The van der Waals surface area contributed by atoms with Crippen molar-refractivity contribution >= 4 is 0 Å². The number of hydrogen-bond donors (Lipinski definition) is 0. The van der Waals surface area contributed by atoms with Crippen LogP contribution in [0.2, 0.25) is 0 Å². The molecule has 0 aliphatic carbocycles. The first kappa shape index (κ1) is 11.0. The van der Waals surface area contributed by atoms with Gasteiger partial charge in [-0.25, -0.2) is 0 Å². The van der Waals surface area contributed by atoms with Gasteiger partial charge in [0.1, 0.15) is 12.5 Å². The second-order valence-corrected chi connectivity index (χ2v) is 3.82. The van der Waals surface area contributed by atoms with Crippen molar-refractivity contribution in [3.63, 3.8) is 0 Å². The molecule has 0 saturated carbocycles. The Morgan fingerprint density at radius 1 is 1.44 bits per heavy atom. The number of fused-ring (bicyclic) bond motifs is 1. The molecular weight excluding hydrogens is 202 g/mol. The van der Waals surface area contributed by atoms with Gasteiger partial charge in [-0.1, -0.05) is 24.8 Å². The lowest BCUT2D eigenvalue weighted by atomic mass is 10.1. The van der Waals surface area contributed by atoms with Crippen molar-refractivity contribution in [3.8, 4) is 5.75 Å². The third-order valence-electron chi connectivity index (χ3n) is 2.62. The van der Waals surface area contributed by atoms with E-state index in [0.29, 0.717) is 6.73 Å². The maximum absolute atomic E-state index is 5.66. The van der Waals surface area contributed by atoms with Gasteiger partial charge in [0, 0.05) is 18.7 Å². The fraction of sp³-hybridized carbons (Fsp3) is 0.385. The van der Waals surface area contributed by atoms with E-state index in [1.165, 1.54) is 11.8 Å². The van der Waals surface area contributed by atoms with Gasteiger partial charge in [0.05, 0.1) is 12.9 Å². The Morgan fingerprint density at radius 2 is 2.31 bits per heavy atom. The van der Waals surface area contributed by atoms with Crippen LogP contribution in [0.5, 0.6) is 5.75 Å². The zero-order chi connectivity index (χ0) is 11.2. The van der Waals surface area contributed by atoms with Crippen molar-refractivity contribution in [2.24, 2.45) is 0 Å². The summed E-state index contributed by atoms with van der Waals surface area (Å²) in [5.41, 5.74) is 1.26. The molecule has 0 saturated heterocycles. The van der Waals surface area contributed by atoms with Crippen molar-refractivity contribution in [1.82, 2.24) is 4.90 Å². The van der Waals surface area contributed by atoms with Crippen molar-refractivity contribution < 1.29 is 9.47 Å². The van der Waals surface area contributed by atoms with Crippen LogP contribution in [-0.2, 0) is 11.3 Å². The van der Waals surface area contributed by atoms with E-state index in [-0.39, 0.29) is 0 Å². The number of nitrogens with zero attached hydrogens (tertiary/aromatic N) is 1. The molecule has 1 heterocycles. The molecular formula is C13H17NO2. The second kappa shape index (κ2) is 5.56. The molecule has 1 aliphatic heterocycles. The lowest BCUT2D eigenvalue weighted by Gasteiger charge is -2.28. The molecule has 1 aromatic rings. The predicted octanol–water partition coefficient (Wildman–Crippen LogP) is 2.39. The number of rotatable bonds is 5. The van der Waals surface area contributed by atoms with E-state index in [4.69, 9.17) is 9.47 Å². The Balaban J connectivity index is 1.81. The molecule has 1 aromatic carbocycles. The van der Waals surface area contributed by atoms with Crippen LogP contribution in [0, 0.1) is 0 Å². The smallest absolute Gasteiger partial charge is 0.142 e. The van der Waals surface area contributed by atoms with Crippen LogP contribution in [0.1, 0.15) is 12.0 Å². The van der Waals surface area contributed by atoms with Gasteiger partial charge in [-0.3, -0.25) is 4.90 Å². The molecule has 3 heteroatoms. The van der Waals surface area contributed by atoms with Crippen LogP contribution in [0.25, 0.3) is 0 Å². The van der Waals surface area contributed by atoms with Crippen molar-refractivity contribution in [2.75, 3.05) is 19.9 Å². The molecule has 0 bridgehead atoms. The summed E-state index contributed by atoms with van der Waals surface area (Å²) in [6, 6.07) is 8.19. The highest BCUT2D eigenvalue weighted by molar-refractivity contribution is 5.34. The van der Waals surface area contributed by atoms with Gasteiger partial charge >= 0.3 is 0 Å². The van der Waals surface area contributed by atoms with Gasteiger partial charge in [-0.2, -0.15) is 0 Å². The summed E-state index contributed by atoms with van der Waals surface area (Å²) in [6.07, 6.45) is 2.49. The third kappa shape index (κ3) is 2.76.